The highest BCUT2D eigenvalue weighted by atomic mass is 16.2. The Morgan fingerprint density at radius 2 is 2.21 bits per heavy atom. The van der Waals surface area contributed by atoms with Gasteiger partial charge in [-0.15, -0.1) is 0 Å². The summed E-state index contributed by atoms with van der Waals surface area (Å²) in [7, 11) is 0. The standard InChI is InChI=1S/C18H31N5O/c1-4-22-11-15(10-21-22)12-23(14(2)3)17(24)16-9-18(13-20-16)5-7-19-8-6-18/h10-11,14,16,19-20H,4-9,12-13H2,1-3H3/t16-/m0/s1. The van der Waals surface area contributed by atoms with Crippen molar-refractivity contribution in [2.75, 3.05) is 19.6 Å². The van der Waals surface area contributed by atoms with Gasteiger partial charge in [-0.25, -0.2) is 0 Å². The number of carbonyl (C=O) groups is 1. The van der Waals surface area contributed by atoms with Gasteiger partial charge in [0.1, 0.15) is 0 Å². The number of rotatable bonds is 5. The van der Waals surface area contributed by atoms with Crippen LogP contribution in [0.4, 0.5) is 0 Å². The lowest BCUT2D eigenvalue weighted by Gasteiger charge is -2.34. The van der Waals surface area contributed by atoms with Crippen LogP contribution in [0.25, 0.3) is 0 Å². The number of nitrogens with one attached hydrogen (secondary N) is 2. The molecule has 6 heteroatoms. The zero-order valence-electron chi connectivity index (χ0n) is 15.2. The summed E-state index contributed by atoms with van der Waals surface area (Å²) in [5.41, 5.74) is 1.43. The minimum Gasteiger partial charge on any atom is -0.334 e. The van der Waals surface area contributed by atoms with Crippen LogP contribution in [0.3, 0.4) is 0 Å². The Morgan fingerprint density at radius 3 is 2.83 bits per heavy atom. The van der Waals surface area contributed by atoms with E-state index in [1.165, 1.54) is 12.8 Å². The second-order valence-electron chi connectivity index (χ2n) is 7.65. The van der Waals surface area contributed by atoms with Gasteiger partial charge in [-0.1, -0.05) is 0 Å². The molecule has 0 bridgehead atoms. The zero-order chi connectivity index (χ0) is 17.2. The Labute approximate surface area is 145 Å². The molecule has 0 unspecified atom stereocenters. The van der Waals surface area contributed by atoms with E-state index in [0.717, 1.165) is 38.2 Å². The molecular weight excluding hydrogens is 302 g/mol. The molecule has 1 spiro atoms. The number of hydrogen-bond acceptors (Lipinski definition) is 4. The van der Waals surface area contributed by atoms with Crippen molar-refractivity contribution in [1.29, 1.82) is 0 Å². The summed E-state index contributed by atoms with van der Waals surface area (Å²) in [5.74, 6) is 0.240. The molecule has 2 aliphatic rings. The zero-order valence-corrected chi connectivity index (χ0v) is 15.2. The van der Waals surface area contributed by atoms with Gasteiger partial charge < -0.3 is 15.5 Å². The third kappa shape index (κ3) is 3.64. The molecule has 3 rings (SSSR count). The van der Waals surface area contributed by atoms with Crippen molar-refractivity contribution < 1.29 is 4.79 Å². The first-order valence-electron chi connectivity index (χ1n) is 9.29. The molecule has 1 aromatic heterocycles. The molecule has 0 aromatic carbocycles. The fraction of sp³-hybridized carbons (Fsp3) is 0.778. The molecule has 24 heavy (non-hydrogen) atoms. The second kappa shape index (κ2) is 7.23. The number of hydrogen-bond donors (Lipinski definition) is 2. The largest absolute Gasteiger partial charge is 0.334 e. The van der Waals surface area contributed by atoms with Crippen LogP contribution in [0, 0.1) is 5.41 Å². The summed E-state index contributed by atoms with van der Waals surface area (Å²) in [5, 5.41) is 11.3. The minimum absolute atomic E-state index is 0.0354. The van der Waals surface area contributed by atoms with E-state index in [4.69, 9.17) is 0 Å². The van der Waals surface area contributed by atoms with Crippen molar-refractivity contribution >= 4 is 5.91 Å². The minimum atomic E-state index is -0.0354. The molecule has 0 radical (unpaired) electrons. The maximum absolute atomic E-state index is 13.1. The number of aromatic nitrogens is 2. The van der Waals surface area contributed by atoms with Crippen molar-refractivity contribution in [2.45, 2.75) is 65.2 Å². The molecule has 1 atom stereocenters. The SMILES string of the molecule is CCn1cc(CN(C(=O)[C@@H]2CC3(CCNCC3)CN2)C(C)C)cn1. The number of carbonyl (C=O) groups excluding carboxylic acids is 1. The lowest BCUT2D eigenvalue weighted by Crippen LogP contribution is -2.46. The van der Waals surface area contributed by atoms with Crippen molar-refractivity contribution in [3.63, 3.8) is 0 Å². The molecule has 134 valence electrons. The smallest absolute Gasteiger partial charge is 0.240 e. The average Bonchev–Trinajstić information content (AvgIpc) is 3.20. The molecule has 3 heterocycles. The molecule has 0 aliphatic carbocycles. The first-order valence-corrected chi connectivity index (χ1v) is 9.29. The van der Waals surface area contributed by atoms with E-state index in [0.29, 0.717) is 12.0 Å². The van der Waals surface area contributed by atoms with Crippen molar-refractivity contribution in [1.82, 2.24) is 25.3 Å². The lowest BCUT2D eigenvalue weighted by molar-refractivity contribution is -0.135. The van der Waals surface area contributed by atoms with Crippen LogP contribution in [-0.2, 0) is 17.9 Å². The van der Waals surface area contributed by atoms with Crippen LogP contribution in [0.1, 0.15) is 45.6 Å². The Balaban J connectivity index is 1.66. The first-order chi connectivity index (χ1) is 11.5. The Morgan fingerprint density at radius 1 is 1.46 bits per heavy atom. The van der Waals surface area contributed by atoms with Gasteiger partial charge in [0.05, 0.1) is 12.2 Å². The van der Waals surface area contributed by atoms with Crippen LogP contribution in [0.15, 0.2) is 12.4 Å². The molecule has 1 amide bonds. The number of aryl methyl sites for hydroxylation is 1. The van der Waals surface area contributed by atoms with Gasteiger partial charge in [0.25, 0.3) is 0 Å². The maximum atomic E-state index is 13.1. The molecule has 2 fully saturated rings. The summed E-state index contributed by atoms with van der Waals surface area (Å²) >= 11 is 0. The highest BCUT2D eigenvalue weighted by molar-refractivity contribution is 5.82. The Hall–Kier alpha value is -1.40. The van der Waals surface area contributed by atoms with E-state index < -0.39 is 0 Å². The third-order valence-corrected chi connectivity index (χ3v) is 5.59. The normalized spacial score (nSPS) is 23.1. The van der Waals surface area contributed by atoms with Crippen molar-refractivity contribution in [2.24, 2.45) is 5.41 Å². The molecule has 6 nitrogen and oxygen atoms in total. The van der Waals surface area contributed by atoms with E-state index in [-0.39, 0.29) is 18.0 Å². The van der Waals surface area contributed by atoms with Gasteiger partial charge in [-0.2, -0.15) is 5.10 Å². The summed E-state index contributed by atoms with van der Waals surface area (Å²) in [6.07, 6.45) is 7.25. The van der Waals surface area contributed by atoms with Gasteiger partial charge in [0.2, 0.25) is 5.91 Å². The molecular formula is C18H31N5O. The molecule has 2 aliphatic heterocycles. The molecule has 1 aromatic rings. The van der Waals surface area contributed by atoms with Crippen LogP contribution in [0.5, 0.6) is 0 Å². The second-order valence-corrected chi connectivity index (χ2v) is 7.65. The third-order valence-electron chi connectivity index (χ3n) is 5.59. The lowest BCUT2D eigenvalue weighted by atomic mass is 9.77. The van der Waals surface area contributed by atoms with Gasteiger partial charge in [0, 0.05) is 37.4 Å². The van der Waals surface area contributed by atoms with Crippen molar-refractivity contribution in [3.05, 3.63) is 18.0 Å². The number of piperidine rings is 1. The maximum Gasteiger partial charge on any atom is 0.240 e. The van der Waals surface area contributed by atoms with Gasteiger partial charge in [-0.3, -0.25) is 9.48 Å². The Bertz CT molecular complexity index is 562. The highest BCUT2D eigenvalue weighted by Gasteiger charge is 2.43. The monoisotopic (exact) mass is 333 g/mol. The van der Waals surface area contributed by atoms with Crippen LogP contribution in [0.2, 0.25) is 0 Å². The van der Waals surface area contributed by atoms with E-state index in [1.807, 2.05) is 22.0 Å². The van der Waals surface area contributed by atoms with Crippen LogP contribution < -0.4 is 10.6 Å². The highest BCUT2D eigenvalue weighted by Crippen LogP contribution is 2.38. The number of nitrogens with zero attached hydrogens (tertiary/aromatic N) is 3. The fourth-order valence-corrected chi connectivity index (χ4v) is 4.00. The van der Waals surface area contributed by atoms with E-state index in [2.05, 4.69) is 36.5 Å². The summed E-state index contributed by atoms with van der Waals surface area (Å²) in [6, 6.07) is 0.153. The van der Waals surface area contributed by atoms with Gasteiger partial charge >= 0.3 is 0 Å². The van der Waals surface area contributed by atoms with Crippen LogP contribution in [-0.4, -0.2) is 52.3 Å². The summed E-state index contributed by atoms with van der Waals surface area (Å²) in [6.45, 7) is 10.9. The fourth-order valence-electron chi connectivity index (χ4n) is 4.00. The van der Waals surface area contributed by atoms with Crippen molar-refractivity contribution in [3.8, 4) is 0 Å². The van der Waals surface area contributed by atoms with Crippen LogP contribution >= 0.6 is 0 Å². The first kappa shape index (κ1) is 17.4. The van der Waals surface area contributed by atoms with E-state index >= 15 is 0 Å². The quantitative estimate of drug-likeness (QED) is 0.854. The predicted octanol–water partition coefficient (Wildman–Crippen LogP) is 1.37. The summed E-state index contributed by atoms with van der Waals surface area (Å²) < 4.78 is 1.91. The average molecular weight is 333 g/mol. The van der Waals surface area contributed by atoms with Gasteiger partial charge in [0.15, 0.2) is 0 Å². The topological polar surface area (TPSA) is 62.2 Å². The van der Waals surface area contributed by atoms with E-state index in [9.17, 15) is 4.79 Å². The molecule has 0 saturated carbocycles. The van der Waals surface area contributed by atoms with E-state index in [1.54, 1.807) is 0 Å². The van der Waals surface area contributed by atoms with Gasteiger partial charge in [-0.05, 0) is 58.5 Å². The summed E-state index contributed by atoms with van der Waals surface area (Å²) in [4.78, 5) is 15.1. The predicted molar refractivity (Wildman–Crippen MR) is 94.5 cm³/mol. The number of amides is 1. The molecule has 2 saturated heterocycles. The Kier molecular flexibility index (Phi) is 5.25. The molecule has 2 N–H and O–H groups in total.